The Balaban J connectivity index is 2.07. The molecule has 0 bridgehead atoms. The number of hydrogen-bond donors (Lipinski definition) is 0. The third-order valence-electron chi connectivity index (χ3n) is 5.57. The fraction of sp³-hybridized carbons (Fsp3) is 0.609. The molecule has 0 aromatic heterocycles. The smallest absolute Gasteiger partial charge is 0.343 e. The summed E-state index contributed by atoms with van der Waals surface area (Å²) in [5.41, 5.74) is 4.76. The first kappa shape index (κ1) is 19.0. The maximum Gasteiger partial charge on any atom is 0.343 e. The summed E-state index contributed by atoms with van der Waals surface area (Å²) in [6, 6.07) is 4.27. The number of rotatable bonds is 4. The third kappa shape index (κ3) is 3.54. The standard InChI is InChI=1S/C23H32O3/c1-15-13-16(2)18(17(3)14-15)19-20(25-12-11-22(4,5)6)23(26-21(19)24)9-7-8-10-23/h13-14H,7-12H2,1-6H3. The Hall–Kier alpha value is -1.77. The molecule has 1 fully saturated rings. The molecule has 26 heavy (non-hydrogen) atoms. The van der Waals surface area contributed by atoms with Crippen molar-refractivity contribution in [2.45, 2.75) is 79.2 Å². The van der Waals surface area contributed by atoms with Crippen molar-refractivity contribution in [1.29, 1.82) is 0 Å². The Morgan fingerprint density at radius 2 is 1.65 bits per heavy atom. The SMILES string of the molecule is Cc1cc(C)c(C2=C(OCCC(C)(C)C)C3(CCCC3)OC2=O)c(C)c1. The number of benzene rings is 1. The average Bonchev–Trinajstić information content (AvgIpc) is 3.05. The Kier molecular flexibility index (Phi) is 4.94. The molecule has 1 aromatic rings. The first-order chi connectivity index (χ1) is 12.1. The van der Waals surface area contributed by atoms with Gasteiger partial charge < -0.3 is 9.47 Å². The molecule has 1 aromatic carbocycles. The summed E-state index contributed by atoms with van der Waals surface area (Å²) in [4.78, 5) is 12.9. The zero-order chi connectivity index (χ0) is 19.1. The summed E-state index contributed by atoms with van der Waals surface area (Å²) in [6.45, 7) is 13.5. The summed E-state index contributed by atoms with van der Waals surface area (Å²) >= 11 is 0. The van der Waals surface area contributed by atoms with Gasteiger partial charge in [-0.25, -0.2) is 4.79 Å². The van der Waals surface area contributed by atoms with Gasteiger partial charge in [0.15, 0.2) is 11.4 Å². The summed E-state index contributed by atoms with van der Waals surface area (Å²) < 4.78 is 12.3. The molecule has 0 saturated heterocycles. The quantitative estimate of drug-likeness (QED) is 0.654. The highest BCUT2D eigenvalue weighted by Crippen LogP contribution is 2.49. The van der Waals surface area contributed by atoms with Crippen LogP contribution in [0, 0.1) is 26.2 Å². The van der Waals surface area contributed by atoms with Gasteiger partial charge in [-0.2, -0.15) is 0 Å². The normalized spacial score (nSPS) is 19.4. The fourth-order valence-electron chi connectivity index (χ4n) is 4.32. The van der Waals surface area contributed by atoms with Gasteiger partial charge in [0.25, 0.3) is 0 Å². The van der Waals surface area contributed by atoms with E-state index in [0.717, 1.165) is 54.6 Å². The van der Waals surface area contributed by atoms with Crippen LogP contribution in [0.4, 0.5) is 0 Å². The number of ether oxygens (including phenoxy) is 2. The second-order valence-electron chi connectivity index (χ2n) is 9.23. The van der Waals surface area contributed by atoms with Crippen LogP contribution in [0.25, 0.3) is 5.57 Å². The molecule has 1 saturated carbocycles. The first-order valence-corrected chi connectivity index (χ1v) is 9.82. The number of esters is 1. The monoisotopic (exact) mass is 356 g/mol. The predicted octanol–water partition coefficient (Wildman–Crippen LogP) is 5.65. The van der Waals surface area contributed by atoms with Crippen LogP contribution in [0.2, 0.25) is 0 Å². The van der Waals surface area contributed by atoms with Crippen LogP contribution in [-0.4, -0.2) is 18.2 Å². The van der Waals surface area contributed by atoms with Crippen LogP contribution >= 0.6 is 0 Å². The molecule has 1 aliphatic heterocycles. The van der Waals surface area contributed by atoms with E-state index in [4.69, 9.17) is 9.47 Å². The summed E-state index contributed by atoms with van der Waals surface area (Å²) in [5.74, 6) is 0.576. The van der Waals surface area contributed by atoms with Crippen molar-refractivity contribution in [2.24, 2.45) is 5.41 Å². The van der Waals surface area contributed by atoms with Gasteiger partial charge in [-0.15, -0.1) is 0 Å². The fourth-order valence-corrected chi connectivity index (χ4v) is 4.32. The first-order valence-electron chi connectivity index (χ1n) is 9.82. The molecule has 3 heteroatoms. The van der Waals surface area contributed by atoms with Crippen LogP contribution in [0.3, 0.4) is 0 Å². The number of carbonyl (C=O) groups excluding carboxylic acids is 1. The Morgan fingerprint density at radius 3 is 2.19 bits per heavy atom. The maximum atomic E-state index is 12.9. The second kappa shape index (κ2) is 6.75. The van der Waals surface area contributed by atoms with E-state index < -0.39 is 5.60 Å². The molecule has 0 unspecified atom stereocenters. The largest absolute Gasteiger partial charge is 0.493 e. The van der Waals surface area contributed by atoms with Gasteiger partial charge in [0.05, 0.1) is 6.61 Å². The average molecular weight is 357 g/mol. The summed E-state index contributed by atoms with van der Waals surface area (Å²) in [5, 5.41) is 0. The van der Waals surface area contributed by atoms with Crippen LogP contribution in [-0.2, 0) is 14.3 Å². The topological polar surface area (TPSA) is 35.5 Å². The second-order valence-corrected chi connectivity index (χ2v) is 9.23. The molecule has 0 N–H and O–H groups in total. The van der Waals surface area contributed by atoms with E-state index in [1.807, 2.05) is 0 Å². The van der Waals surface area contributed by atoms with Crippen molar-refractivity contribution in [1.82, 2.24) is 0 Å². The van der Waals surface area contributed by atoms with Crippen molar-refractivity contribution in [3.05, 3.63) is 40.1 Å². The van der Waals surface area contributed by atoms with Crippen molar-refractivity contribution in [3.63, 3.8) is 0 Å². The number of aryl methyl sites for hydroxylation is 3. The molecule has 1 spiro atoms. The third-order valence-corrected chi connectivity index (χ3v) is 5.57. The lowest BCUT2D eigenvalue weighted by atomic mass is 9.89. The van der Waals surface area contributed by atoms with Gasteiger partial charge >= 0.3 is 5.97 Å². The molecule has 142 valence electrons. The highest BCUT2D eigenvalue weighted by atomic mass is 16.6. The van der Waals surface area contributed by atoms with Gasteiger partial charge in [0, 0.05) is 0 Å². The van der Waals surface area contributed by atoms with Gasteiger partial charge in [0.2, 0.25) is 0 Å². The Bertz CT molecular complexity index is 720. The van der Waals surface area contributed by atoms with E-state index >= 15 is 0 Å². The van der Waals surface area contributed by atoms with E-state index in [0.29, 0.717) is 12.2 Å². The van der Waals surface area contributed by atoms with E-state index in [9.17, 15) is 4.79 Å². The molecular formula is C23H32O3. The molecule has 0 atom stereocenters. The van der Waals surface area contributed by atoms with Gasteiger partial charge in [0.1, 0.15) is 5.57 Å². The van der Waals surface area contributed by atoms with E-state index in [1.54, 1.807) is 0 Å². The van der Waals surface area contributed by atoms with Crippen molar-refractivity contribution in [3.8, 4) is 0 Å². The minimum Gasteiger partial charge on any atom is -0.493 e. The highest BCUT2D eigenvalue weighted by Gasteiger charge is 2.51. The van der Waals surface area contributed by atoms with E-state index in [1.165, 1.54) is 5.56 Å². The number of carbonyl (C=O) groups is 1. The van der Waals surface area contributed by atoms with Gasteiger partial charge in [-0.1, -0.05) is 38.5 Å². The minimum atomic E-state index is -0.534. The zero-order valence-electron chi connectivity index (χ0n) is 17.1. The molecule has 2 aliphatic rings. The summed E-state index contributed by atoms with van der Waals surface area (Å²) in [7, 11) is 0. The van der Waals surface area contributed by atoms with E-state index in [2.05, 4.69) is 53.7 Å². The van der Waals surface area contributed by atoms with Crippen LogP contribution < -0.4 is 0 Å². The predicted molar refractivity (Wildman–Crippen MR) is 105 cm³/mol. The zero-order valence-corrected chi connectivity index (χ0v) is 17.1. The molecule has 3 nitrogen and oxygen atoms in total. The summed E-state index contributed by atoms with van der Waals surface area (Å²) in [6.07, 6.45) is 4.85. The van der Waals surface area contributed by atoms with Crippen molar-refractivity contribution in [2.75, 3.05) is 6.61 Å². The molecule has 0 radical (unpaired) electrons. The van der Waals surface area contributed by atoms with Gasteiger partial charge in [-0.3, -0.25) is 0 Å². The van der Waals surface area contributed by atoms with Crippen LogP contribution in [0.1, 0.15) is 75.1 Å². The molecular weight excluding hydrogens is 324 g/mol. The Morgan fingerprint density at radius 1 is 1.08 bits per heavy atom. The molecule has 1 heterocycles. The molecule has 0 amide bonds. The van der Waals surface area contributed by atoms with Crippen LogP contribution in [0.5, 0.6) is 0 Å². The van der Waals surface area contributed by atoms with Crippen molar-refractivity contribution < 1.29 is 14.3 Å². The lowest BCUT2D eigenvalue weighted by molar-refractivity contribution is -0.146. The Labute approximate surface area is 157 Å². The minimum absolute atomic E-state index is 0.197. The maximum absolute atomic E-state index is 12.9. The molecule has 1 aliphatic carbocycles. The lowest BCUT2D eigenvalue weighted by Gasteiger charge is -2.27. The van der Waals surface area contributed by atoms with Crippen molar-refractivity contribution >= 4 is 11.5 Å². The molecule has 3 rings (SSSR count). The number of hydrogen-bond acceptors (Lipinski definition) is 3. The lowest BCUT2D eigenvalue weighted by Crippen LogP contribution is -2.29. The van der Waals surface area contributed by atoms with Gasteiger partial charge in [-0.05, 0) is 75.0 Å². The highest BCUT2D eigenvalue weighted by molar-refractivity contribution is 6.20. The van der Waals surface area contributed by atoms with E-state index in [-0.39, 0.29) is 11.4 Å². The van der Waals surface area contributed by atoms with Crippen LogP contribution in [0.15, 0.2) is 17.9 Å².